The van der Waals surface area contributed by atoms with Gasteiger partial charge in [0.1, 0.15) is 0 Å². The van der Waals surface area contributed by atoms with E-state index in [1.807, 2.05) is 26.0 Å². The molecule has 0 fully saturated rings. The molecule has 0 radical (unpaired) electrons. The Labute approximate surface area is 129 Å². The lowest BCUT2D eigenvalue weighted by molar-refractivity contribution is 0.674. The summed E-state index contributed by atoms with van der Waals surface area (Å²) >= 11 is 0. The second-order valence-corrected chi connectivity index (χ2v) is 7.21. The lowest BCUT2D eigenvalue weighted by Gasteiger charge is -2.16. The largest absolute Gasteiger partial charge is 0.323 e. The molecule has 2 aromatic rings. The van der Waals surface area contributed by atoms with Crippen molar-refractivity contribution in [2.75, 3.05) is 5.75 Å². The van der Waals surface area contributed by atoms with Crippen molar-refractivity contribution in [3.05, 3.63) is 64.2 Å². The molecular formula is C18H23NOS. The van der Waals surface area contributed by atoms with Crippen LogP contribution in [0.3, 0.4) is 0 Å². The zero-order valence-corrected chi connectivity index (χ0v) is 14.0. The molecule has 112 valence electrons. The summed E-state index contributed by atoms with van der Waals surface area (Å²) in [5.41, 5.74) is 12.0. The fourth-order valence-corrected chi connectivity index (χ4v) is 3.88. The van der Waals surface area contributed by atoms with E-state index in [9.17, 15) is 4.21 Å². The first kappa shape index (κ1) is 15.9. The quantitative estimate of drug-likeness (QED) is 0.935. The van der Waals surface area contributed by atoms with E-state index in [4.69, 9.17) is 5.73 Å². The Kier molecular flexibility index (Phi) is 4.96. The van der Waals surface area contributed by atoms with Gasteiger partial charge < -0.3 is 5.73 Å². The fraction of sp³-hybridized carbons (Fsp3) is 0.333. The second kappa shape index (κ2) is 6.54. The van der Waals surface area contributed by atoms with Crippen molar-refractivity contribution in [3.8, 4) is 0 Å². The van der Waals surface area contributed by atoms with Crippen LogP contribution in [0.4, 0.5) is 0 Å². The predicted molar refractivity (Wildman–Crippen MR) is 90.0 cm³/mol. The van der Waals surface area contributed by atoms with Gasteiger partial charge in [0.25, 0.3) is 0 Å². The smallest absolute Gasteiger partial charge is 0.0551 e. The highest BCUT2D eigenvalue weighted by molar-refractivity contribution is 7.85. The maximum absolute atomic E-state index is 12.6. The van der Waals surface area contributed by atoms with E-state index in [1.165, 1.54) is 11.1 Å². The van der Waals surface area contributed by atoms with Gasteiger partial charge in [-0.15, -0.1) is 0 Å². The number of nitrogens with two attached hydrogens (primary N) is 1. The normalized spacial score (nSPS) is 14.0. The Bertz CT molecular complexity index is 679. The number of benzene rings is 2. The molecule has 0 saturated carbocycles. The highest BCUT2D eigenvalue weighted by Crippen LogP contribution is 2.22. The van der Waals surface area contributed by atoms with Gasteiger partial charge >= 0.3 is 0 Å². The van der Waals surface area contributed by atoms with Crippen molar-refractivity contribution >= 4 is 10.8 Å². The van der Waals surface area contributed by atoms with E-state index < -0.39 is 10.8 Å². The van der Waals surface area contributed by atoms with Gasteiger partial charge in [-0.25, -0.2) is 0 Å². The zero-order valence-electron chi connectivity index (χ0n) is 13.1. The molecule has 0 spiro atoms. The third kappa shape index (κ3) is 3.80. The Morgan fingerprint density at radius 1 is 0.952 bits per heavy atom. The Hall–Kier alpha value is -1.45. The third-order valence-corrected chi connectivity index (χ3v) is 5.35. The average molecular weight is 301 g/mol. The molecule has 0 bridgehead atoms. The molecule has 21 heavy (non-hydrogen) atoms. The summed E-state index contributed by atoms with van der Waals surface area (Å²) in [6.45, 7) is 8.15. The molecule has 2 rings (SSSR count). The van der Waals surface area contributed by atoms with Crippen molar-refractivity contribution < 1.29 is 4.21 Å². The van der Waals surface area contributed by atoms with Crippen LogP contribution in [0.2, 0.25) is 0 Å². The predicted octanol–water partition coefficient (Wildman–Crippen LogP) is 3.73. The van der Waals surface area contributed by atoms with Gasteiger partial charge in [0.2, 0.25) is 0 Å². The summed E-state index contributed by atoms with van der Waals surface area (Å²) < 4.78 is 12.6. The Balaban J connectivity index is 2.20. The number of aryl methyl sites for hydroxylation is 4. The minimum absolute atomic E-state index is 0.202. The Morgan fingerprint density at radius 3 is 2.24 bits per heavy atom. The SMILES string of the molecule is Cc1ccc(S(=O)CC(N)c2cc(C)ccc2C)c(C)c1. The van der Waals surface area contributed by atoms with E-state index in [1.54, 1.807) is 0 Å². The van der Waals surface area contributed by atoms with Gasteiger partial charge in [-0.1, -0.05) is 41.5 Å². The van der Waals surface area contributed by atoms with Gasteiger partial charge in [0.05, 0.1) is 10.8 Å². The van der Waals surface area contributed by atoms with Gasteiger partial charge in [0, 0.05) is 16.7 Å². The summed E-state index contributed by atoms with van der Waals surface area (Å²) in [6, 6.07) is 12.1. The highest BCUT2D eigenvalue weighted by atomic mass is 32.2. The molecule has 2 N–H and O–H groups in total. The van der Waals surface area contributed by atoms with Crippen LogP contribution >= 0.6 is 0 Å². The van der Waals surface area contributed by atoms with Gasteiger partial charge in [-0.05, 0) is 50.5 Å². The molecule has 0 aliphatic rings. The van der Waals surface area contributed by atoms with Gasteiger partial charge in [0.15, 0.2) is 0 Å². The molecule has 0 heterocycles. The number of hydrogen-bond donors (Lipinski definition) is 1. The molecule has 0 amide bonds. The van der Waals surface area contributed by atoms with Crippen LogP contribution in [-0.2, 0) is 10.8 Å². The number of hydrogen-bond acceptors (Lipinski definition) is 2. The highest BCUT2D eigenvalue weighted by Gasteiger charge is 2.15. The van der Waals surface area contributed by atoms with E-state index in [2.05, 4.69) is 38.1 Å². The van der Waals surface area contributed by atoms with Crippen LogP contribution in [0, 0.1) is 27.7 Å². The summed E-state index contributed by atoms with van der Waals surface area (Å²) in [5.74, 6) is 0.453. The third-order valence-electron chi connectivity index (χ3n) is 3.74. The minimum atomic E-state index is -1.07. The van der Waals surface area contributed by atoms with E-state index in [0.29, 0.717) is 5.75 Å². The fourth-order valence-electron chi connectivity index (χ4n) is 2.56. The summed E-state index contributed by atoms with van der Waals surface area (Å²) in [7, 11) is -1.07. The van der Waals surface area contributed by atoms with Crippen LogP contribution < -0.4 is 5.73 Å². The second-order valence-electron chi connectivity index (χ2n) is 5.75. The van der Waals surface area contributed by atoms with Gasteiger partial charge in [-0.2, -0.15) is 0 Å². The molecule has 3 heteroatoms. The zero-order chi connectivity index (χ0) is 15.6. The molecular weight excluding hydrogens is 278 g/mol. The maximum Gasteiger partial charge on any atom is 0.0551 e. The van der Waals surface area contributed by atoms with Crippen LogP contribution in [0.1, 0.15) is 33.9 Å². The monoisotopic (exact) mass is 301 g/mol. The molecule has 2 aromatic carbocycles. The summed E-state index contributed by atoms with van der Waals surface area (Å²) in [6.07, 6.45) is 0. The molecule has 0 aromatic heterocycles. The van der Waals surface area contributed by atoms with E-state index >= 15 is 0 Å². The number of rotatable bonds is 4. The van der Waals surface area contributed by atoms with Crippen LogP contribution in [0.15, 0.2) is 41.3 Å². The topological polar surface area (TPSA) is 43.1 Å². The summed E-state index contributed by atoms with van der Waals surface area (Å²) in [4.78, 5) is 0.890. The van der Waals surface area contributed by atoms with Crippen LogP contribution in [0.25, 0.3) is 0 Å². The average Bonchev–Trinajstić information content (AvgIpc) is 2.41. The van der Waals surface area contributed by atoms with Crippen LogP contribution in [0.5, 0.6) is 0 Å². The lowest BCUT2D eigenvalue weighted by atomic mass is 10.0. The van der Waals surface area contributed by atoms with Crippen molar-refractivity contribution in [3.63, 3.8) is 0 Å². The summed E-state index contributed by atoms with van der Waals surface area (Å²) in [5, 5.41) is 0. The molecule has 2 nitrogen and oxygen atoms in total. The first-order valence-corrected chi connectivity index (χ1v) is 8.48. The van der Waals surface area contributed by atoms with Crippen molar-refractivity contribution in [1.29, 1.82) is 0 Å². The Morgan fingerprint density at radius 2 is 1.57 bits per heavy atom. The standard InChI is InChI=1S/C18H23NOS/c1-12-6-8-18(15(4)9-12)21(20)11-17(19)16-10-13(2)5-7-14(16)3/h5-10,17H,11,19H2,1-4H3. The van der Waals surface area contributed by atoms with Crippen LogP contribution in [-0.4, -0.2) is 9.96 Å². The van der Waals surface area contributed by atoms with E-state index in [-0.39, 0.29) is 6.04 Å². The van der Waals surface area contributed by atoms with Crippen molar-refractivity contribution in [2.24, 2.45) is 5.73 Å². The molecule has 2 unspecified atom stereocenters. The van der Waals surface area contributed by atoms with E-state index in [0.717, 1.165) is 21.6 Å². The molecule has 2 atom stereocenters. The molecule has 0 aliphatic heterocycles. The minimum Gasteiger partial charge on any atom is -0.323 e. The van der Waals surface area contributed by atoms with Gasteiger partial charge in [-0.3, -0.25) is 4.21 Å². The first-order valence-electron chi connectivity index (χ1n) is 7.17. The molecule has 0 aliphatic carbocycles. The maximum atomic E-state index is 12.6. The molecule has 0 saturated heterocycles. The van der Waals surface area contributed by atoms with Crippen molar-refractivity contribution in [1.82, 2.24) is 0 Å². The van der Waals surface area contributed by atoms with Crippen molar-refractivity contribution in [2.45, 2.75) is 38.6 Å². The lowest BCUT2D eigenvalue weighted by Crippen LogP contribution is -2.20. The first-order chi connectivity index (χ1) is 9.88.